The number of oxime groups is 1. The van der Waals surface area contributed by atoms with Crippen LogP contribution in [0, 0.1) is 17.8 Å². The number of aliphatic hydroxyl groups is 3. The minimum Gasteiger partial charge on any atom is -0.459 e. The van der Waals surface area contributed by atoms with Crippen molar-refractivity contribution in [1.82, 2.24) is 10.2 Å². The van der Waals surface area contributed by atoms with Gasteiger partial charge >= 0.3 is 6.09 Å². The molecule has 0 aromatic heterocycles. The number of ether oxygens (including phenoxy) is 4. The predicted molar refractivity (Wildman–Crippen MR) is 267 cm³/mol. The van der Waals surface area contributed by atoms with E-state index in [0.29, 0.717) is 43.0 Å². The number of rotatable bonds is 31. The van der Waals surface area contributed by atoms with E-state index >= 15 is 0 Å². The van der Waals surface area contributed by atoms with E-state index in [-0.39, 0.29) is 76.3 Å². The number of nitrogens with one attached hydrogen (secondary N) is 1. The Morgan fingerprint density at radius 1 is 0.897 bits per heavy atom. The highest BCUT2D eigenvalue weighted by Gasteiger charge is 2.65. The van der Waals surface area contributed by atoms with Crippen molar-refractivity contribution in [2.45, 2.75) is 167 Å². The molecule has 2 amide bonds. The van der Waals surface area contributed by atoms with Crippen LogP contribution in [-0.2, 0) is 25.7 Å². The van der Waals surface area contributed by atoms with Crippen LogP contribution < -0.4 is 14.8 Å². The van der Waals surface area contributed by atoms with Gasteiger partial charge in [0, 0.05) is 50.6 Å². The Morgan fingerprint density at radius 3 is 2.28 bits per heavy atom. The van der Waals surface area contributed by atoms with Gasteiger partial charge in [-0.05, 0) is 94.0 Å². The first-order valence-electron chi connectivity index (χ1n) is 25.7. The molecule has 68 heavy (non-hydrogen) atoms. The van der Waals surface area contributed by atoms with Crippen molar-refractivity contribution in [3.63, 3.8) is 0 Å². The Morgan fingerprint density at radius 2 is 1.60 bits per heavy atom. The average Bonchev–Trinajstić information content (AvgIpc) is 3.33. The zero-order valence-electron chi connectivity index (χ0n) is 41.6. The minimum absolute atomic E-state index is 0.00643. The van der Waals surface area contributed by atoms with Gasteiger partial charge in [-0.25, -0.2) is 4.79 Å². The molecule has 1 aliphatic heterocycles. The molecule has 13 heteroatoms. The molecule has 2 aromatic rings. The third-order valence-electron chi connectivity index (χ3n) is 13.5. The van der Waals surface area contributed by atoms with Crippen LogP contribution in [0.1, 0.15) is 154 Å². The summed E-state index contributed by atoms with van der Waals surface area (Å²) >= 11 is 0. The molecule has 13 nitrogen and oxygen atoms in total. The molecule has 0 radical (unpaired) electrons. The molecule has 2 aromatic carbocycles. The number of benzene rings is 2. The normalized spacial score (nSPS) is 22.4. The summed E-state index contributed by atoms with van der Waals surface area (Å²) in [6, 6.07) is 14.4. The van der Waals surface area contributed by atoms with Crippen molar-refractivity contribution in [1.29, 1.82) is 0 Å². The Labute approximate surface area is 406 Å². The van der Waals surface area contributed by atoms with Crippen molar-refractivity contribution in [3.05, 3.63) is 84.0 Å². The number of amides is 2. The fraction of sp³-hybridized carbons (Fsp3) is 0.655. The number of carbonyl (C=O) groups excluding carboxylic acids is 2. The molecular weight excluding hydrogens is 863 g/mol. The third kappa shape index (κ3) is 15.6. The molecule has 6 unspecified atom stereocenters. The molecule has 0 spiro atoms. The molecule has 5 rings (SSSR count). The summed E-state index contributed by atoms with van der Waals surface area (Å²) in [6.45, 7) is 13.2. The minimum atomic E-state index is -1.44. The second-order valence-corrected chi connectivity index (χ2v) is 19.7. The SMILES string of the molecule is C=CCOC12Oc3ccc(OC(=O)NCc4ccccc4)cc3C3C(CCCCO)C(CCCCO)C=C(C(=NOC(C)(C)C)CC1N(CCOCCO)C(=O)CCCCCCCCCCC)C32. The van der Waals surface area contributed by atoms with Gasteiger partial charge in [-0.2, -0.15) is 0 Å². The number of fused-ring (bicyclic) bond motifs is 2. The Kier molecular flexibility index (Phi) is 22.8. The largest absolute Gasteiger partial charge is 0.459 e. The van der Waals surface area contributed by atoms with Gasteiger partial charge in [-0.3, -0.25) is 4.79 Å². The molecule has 0 bridgehead atoms. The molecule has 2 aliphatic carbocycles. The van der Waals surface area contributed by atoms with E-state index in [0.717, 1.165) is 68.1 Å². The van der Waals surface area contributed by atoms with Crippen LogP contribution in [0.3, 0.4) is 0 Å². The summed E-state index contributed by atoms with van der Waals surface area (Å²) in [7, 11) is 0. The fourth-order valence-corrected chi connectivity index (χ4v) is 10.3. The van der Waals surface area contributed by atoms with Crippen molar-refractivity contribution < 1.29 is 48.7 Å². The van der Waals surface area contributed by atoms with E-state index < -0.39 is 29.4 Å². The number of carbonyl (C=O) groups is 2. The van der Waals surface area contributed by atoms with Crippen molar-refractivity contribution in [2.75, 3.05) is 46.2 Å². The fourth-order valence-electron chi connectivity index (χ4n) is 10.3. The number of hydrogen-bond acceptors (Lipinski definition) is 11. The highest BCUT2D eigenvalue weighted by Crippen LogP contribution is 2.62. The first kappa shape index (κ1) is 54.7. The molecule has 6 atom stereocenters. The lowest BCUT2D eigenvalue weighted by molar-refractivity contribution is -0.258. The topological polar surface area (TPSA) is 169 Å². The Hall–Kier alpha value is -4.27. The van der Waals surface area contributed by atoms with Crippen LogP contribution in [0.5, 0.6) is 11.5 Å². The summed E-state index contributed by atoms with van der Waals surface area (Å²) in [5.41, 5.74) is 2.80. The summed E-state index contributed by atoms with van der Waals surface area (Å²) < 4.78 is 26.4. The molecule has 1 saturated carbocycles. The van der Waals surface area contributed by atoms with Crippen LogP contribution in [-0.4, -0.2) is 102 Å². The number of unbranched alkanes of at least 4 members (excludes halogenated alkanes) is 10. The monoisotopic (exact) mass is 946 g/mol. The van der Waals surface area contributed by atoms with Crippen LogP contribution in [0.15, 0.2) is 78.0 Å². The first-order valence-corrected chi connectivity index (χ1v) is 25.7. The lowest BCUT2D eigenvalue weighted by Gasteiger charge is -2.60. The van der Waals surface area contributed by atoms with Gasteiger partial charge in [0.25, 0.3) is 0 Å². The number of aliphatic hydroxyl groups excluding tert-OH is 3. The van der Waals surface area contributed by atoms with E-state index in [2.05, 4.69) is 24.9 Å². The number of nitrogens with zero attached hydrogens (tertiary/aromatic N) is 2. The van der Waals surface area contributed by atoms with Gasteiger partial charge in [0.05, 0.1) is 38.1 Å². The molecule has 378 valence electrons. The lowest BCUT2D eigenvalue weighted by atomic mass is 9.55. The second kappa shape index (κ2) is 28.4. The van der Waals surface area contributed by atoms with Crippen molar-refractivity contribution >= 4 is 17.7 Å². The molecular formula is C55H83N3O10. The van der Waals surface area contributed by atoms with E-state index in [4.69, 9.17) is 28.9 Å². The van der Waals surface area contributed by atoms with Crippen molar-refractivity contribution in [2.24, 2.45) is 22.9 Å². The van der Waals surface area contributed by atoms with Crippen LogP contribution in [0.2, 0.25) is 0 Å². The van der Waals surface area contributed by atoms with Crippen molar-refractivity contribution in [3.8, 4) is 11.5 Å². The standard InChI is InChI=1S/C55H83N3O10/c1-6-8-9-10-11-12-13-14-18-27-50(62)58(30-35-64-36-33-61)49-39-47(57-68-54(3,4)5)45-37-42(25-19-21-31-59)44(26-20-22-32-60)51-46-38-43(66-53(63)56-40-41-23-16-15-17-24-41)28-29-48(46)67-55(49,52(45)51)65-34-7-2/h7,15-17,23-24,28-29,37-38,42,44,49,51-52,59-61H,2,6,8-14,18-22,25-27,30-36,39-40H2,1,3-5H3,(H,56,63). The second-order valence-electron chi connectivity index (χ2n) is 19.7. The maximum absolute atomic E-state index is 15.0. The lowest BCUT2D eigenvalue weighted by Crippen LogP contribution is -2.70. The van der Waals surface area contributed by atoms with Gasteiger partial charge in [0.2, 0.25) is 11.7 Å². The van der Waals surface area contributed by atoms with E-state index in [1.54, 1.807) is 12.1 Å². The van der Waals surface area contributed by atoms with E-state index in [1.165, 1.54) is 32.1 Å². The summed E-state index contributed by atoms with van der Waals surface area (Å²) in [6.07, 6.45) is 18.6. The summed E-state index contributed by atoms with van der Waals surface area (Å²) in [5, 5.41) is 37.5. The van der Waals surface area contributed by atoms with E-state index in [1.807, 2.05) is 68.1 Å². The van der Waals surface area contributed by atoms with Crippen LogP contribution in [0.25, 0.3) is 0 Å². The van der Waals surface area contributed by atoms with Gasteiger partial charge in [0.15, 0.2) is 0 Å². The number of allylic oxidation sites excluding steroid dienone is 1. The van der Waals surface area contributed by atoms with Gasteiger partial charge in [-0.15, -0.1) is 6.58 Å². The number of hydrogen-bond donors (Lipinski definition) is 4. The highest BCUT2D eigenvalue weighted by atomic mass is 16.7. The maximum atomic E-state index is 15.0. The van der Waals surface area contributed by atoms with Gasteiger partial charge in [0.1, 0.15) is 23.1 Å². The Bertz CT molecular complexity index is 1900. The smallest absolute Gasteiger partial charge is 0.412 e. The zero-order valence-corrected chi connectivity index (χ0v) is 41.6. The van der Waals surface area contributed by atoms with Crippen LogP contribution >= 0.6 is 0 Å². The molecule has 0 saturated heterocycles. The van der Waals surface area contributed by atoms with E-state index in [9.17, 15) is 24.9 Å². The van der Waals surface area contributed by atoms with Gasteiger partial charge < -0.3 is 49.3 Å². The van der Waals surface area contributed by atoms with Gasteiger partial charge in [-0.1, -0.05) is 119 Å². The van der Waals surface area contributed by atoms with Crippen LogP contribution in [0.4, 0.5) is 4.79 Å². The molecule has 1 fully saturated rings. The predicted octanol–water partition coefficient (Wildman–Crippen LogP) is 10.2. The summed E-state index contributed by atoms with van der Waals surface area (Å²) in [5.74, 6) is -1.34. The molecule has 1 heterocycles. The highest BCUT2D eigenvalue weighted by molar-refractivity contribution is 6.03. The zero-order chi connectivity index (χ0) is 48.8. The first-order chi connectivity index (χ1) is 33.0. The average molecular weight is 946 g/mol. The Balaban J connectivity index is 1.64. The quantitative estimate of drug-likeness (QED) is 0.0324. The molecule has 4 N–H and O–H groups in total. The summed E-state index contributed by atoms with van der Waals surface area (Å²) in [4.78, 5) is 36.5. The molecule has 3 aliphatic rings. The third-order valence-corrected chi connectivity index (χ3v) is 13.5. The maximum Gasteiger partial charge on any atom is 0.412 e.